The molecule has 20 heteroatoms. The molecule has 20 nitrogen and oxygen atoms in total. The molecule has 6 unspecified atom stereocenters. The zero-order valence-electron chi connectivity index (χ0n) is 24.8. The Balaban J connectivity index is 1.28. The average molecular weight is 671 g/mol. The van der Waals surface area contributed by atoms with Crippen LogP contribution in [0, 0.1) is 0 Å². The first kappa shape index (κ1) is 38.0. The lowest BCUT2D eigenvalue weighted by Crippen LogP contribution is -2.64. The second-order valence-corrected chi connectivity index (χ2v) is 10.5. The topological polar surface area (TPSA) is 290 Å². The van der Waals surface area contributed by atoms with Gasteiger partial charge in [-0.05, 0) is 0 Å². The van der Waals surface area contributed by atoms with Crippen molar-refractivity contribution in [3.63, 3.8) is 0 Å². The summed E-state index contributed by atoms with van der Waals surface area (Å²) in [6.45, 7) is -1.38. The van der Waals surface area contributed by atoms with E-state index in [1.54, 1.807) is 0 Å². The van der Waals surface area contributed by atoms with Gasteiger partial charge in [-0.1, -0.05) is 0 Å². The van der Waals surface area contributed by atoms with Crippen molar-refractivity contribution in [2.75, 3.05) is 52.8 Å². The lowest BCUT2D eigenvalue weighted by molar-refractivity contribution is -0.360. The molecule has 264 valence electrons. The Kier molecular flexibility index (Phi) is 15.5. The number of rotatable bonds is 18. The Morgan fingerprint density at radius 3 is 1.96 bits per heavy atom. The van der Waals surface area contributed by atoms with E-state index in [1.165, 1.54) is 0 Å². The molecule has 0 bridgehead atoms. The molecule has 3 saturated heterocycles. The van der Waals surface area contributed by atoms with Crippen molar-refractivity contribution in [1.82, 2.24) is 10.4 Å². The summed E-state index contributed by atoms with van der Waals surface area (Å²) in [5.74, 6) is -2.33. The first-order valence-electron chi connectivity index (χ1n) is 14.7. The summed E-state index contributed by atoms with van der Waals surface area (Å²) >= 11 is 0. The fourth-order valence-corrected chi connectivity index (χ4v) is 4.59. The van der Waals surface area contributed by atoms with Gasteiger partial charge in [-0.3, -0.25) is 14.4 Å². The van der Waals surface area contributed by atoms with Gasteiger partial charge in [0.15, 0.2) is 12.6 Å². The van der Waals surface area contributed by atoms with Crippen molar-refractivity contribution < 1.29 is 88.2 Å². The number of carbonyl (C=O) groups excluding carboxylic acids is 4. The van der Waals surface area contributed by atoms with Gasteiger partial charge in [0.05, 0.1) is 52.7 Å². The summed E-state index contributed by atoms with van der Waals surface area (Å²) in [6, 6.07) is 0. The van der Waals surface area contributed by atoms with Crippen molar-refractivity contribution in [3.05, 3.63) is 0 Å². The van der Waals surface area contributed by atoms with Gasteiger partial charge in [0.2, 0.25) is 5.91 Å². The maximum absolute atomic E-state index is 12.1. The first-order chi connectivity index (χ1) is 22.0. The number of hydrogen-bond donors (Lipinski definition) is 8. The molecule has 0 aliphatic carbocycles. The summed E-state index contributed by atoms with van der Waals surface area (Å²) < 4.78 is 32.1. The fraction of sp³-hybridized carbons (Fsp3) is 0.846. The van der Waals surface area contributed by atoms with Gasteiger partial charge in [-0.25, -0.2) is 4.79 Å². The molecule has 0 saturated carbocycles. The van der Waals surface area contributed by atoms with Gasteiger partial charge in [0, 0.05) is 25.8 Å². The minimum absolute atomic E-state index is 0.00140. The molecule has 46 heavy (non-hydrogen) atoms. The number of ether oxygens (including phenoxy) is 6. The normalized spacial score (nSPS) is 33.3. The number of hydrogen-bond acceptors (Lipinski definition) is 18. The zero-order chi connectivity index (χ0) is 33.8. The van der Waals surface area contributed by atoms with E-state index in [-0.39, 0.29) is 65.3 Å². The van der Waals surface area contributed by atoms with E-state index in [4.69, 9.17) is 33.3 Å². The average Bonchev–Trinajstić information content (AvgIpc) is 3.35. The fourth-order valence-electron chi connectivity index (χ4n) is 4.59. The molecule has 8 N–H and O–H groups in total. The number of imide groups is 1. The van der Waals surface area contributed by atoms with Crippen LogP contribution in [0.3, 0.4) is 0 Å². The minimum Gasteiger partial charge on any atom is -0.394 e. The van der Waals surface area contributed by atoms with Gasteiger partial charge in [0.1, 0.15) is 48.8 Å². The highest BCUT2D eigenvalue weighted by Crippen LogP contribution is 2.29. The lowest BCUT2D eigenvalue weighted by atomic mass is 9.97. The number of hydroxylamine groups is 2. The van der Waals surface area contributed by atoms with Crippen LogP contribution in [0.4, 0.5) is 0 Å². The number of nitrogens with one attached hydrogen (secondary N) is 1. The third kappa shape index (κ3) is 10.5. The molecular weight excluding hydrogens is 628 g/mol. The molecule has 10 atom stereocenters. The van der Waals surface area contributed by atoms with E-state index in [0.29, 0.717) is 5.06 Å². The summed E-state index contributed by atoms with van der Waals surface area (Å²) in [4.78, 5) is 51.3. The maximum atomic E-state index is 12.1. The summed E-state index contributed by atoms with van der Waals surface area (Å²) in [5.41, 5.74) is 0. The number of amides is 3. The molecule has 0 aromatic rings. The predicted molar refractivity (Wildman–Crippen MR) is 143 cm³/mol. The Bertz CT molecular complexity index is 986. The van der Waals surface area contributed by atoms with Crippen LogP contribution >= 0.6 is 0 Å². The Labute approximate surface area is 262 Å². The van der Waals surface area contributed by atoms with E-state index >= 15 is 0 Å². The Morgan fingerprint density at radius 2 is 1.33 bits per heavy atom. The molecule has 3 fully saturated rings. The quantitative estimate of drug-likeness (QED) is 0.0497. The highest BCUT2D eigenvalue weighted by Gasteiger charge is 2.50. The molecular formula is C26H42N2O18. The Morgan fingerprint density at radius 1 is 0.739 bits per heavy atom. The zero-order valence-corrected chi connectivity index (χ0v) is 24.8. The standard InChI is InChI=1S/C26H42N2O18/c29-11-13-19(35)21(37)22(38)26(44-13)45-24-20(36)14(12-30)43-25(23(24)39)42-8-5-27-15(31)3-6-40-9-10-41-7-4-18(34)46-28-16(32)1-2-17(28)33/h13-14,19-26,29-30,35-39H,1-12H2,(H,27,31)/t13?,14?,19-,20-,21?,22?,23?,24?,25+,26-/m1/s1. The molecule has 3 amide bonds. The van der Waals surface area contributed by atoms with Crippen LogP contribution in [0.25, 0.3) is 0 Å². The molecule has 3 heterocycles. The Hall–Kier alpha value is -2.44. The first-order valence-corrected chi connectivity index (χ1v) is 14.7. The number of nitrogens with zero attached hydrogens (tertiary/aromatic N) is 1. The van der Waals surface area contributed by atoms with Crippen LogP contribution in [0.5, 0.6) is 0 Å². The van der Waals surface area contributed by atoms with Crippen LogP contribution in [0.15, 0.2) is 0 Å². The molecule has 3 aliphatic heterocycles. The van der Waals surface area contributed by atoms with Crippen molar-refractivity contribution in [3.8, 4) is 0 Å². The van der Waals surface area contributed by atoms with Gasteiger partial charge >= 0.3 is 5.97 Å². The van der Waals surface area contributed by atoms with Gasteiger partial charge in [-0.15, -0.1) is 5.06 Å². The minimum atomic E-state index is -1.81. The highest BCUT2D eigenvalue weighted by molar-refractivity contribution is 6.01. The summed E-state index contributed by atoms with van der Waals surface area (Å²) in [6.07, 6.45) is -16.0. The number of aliphatic hydroxyl groups excluding tert-OH is 7. The second-order valence-electron chi connectivity index (χ2n) is 10.5. The molecule has 0 spiro atoms. The largest absolute Gasteiger partial charge is 0.394 e. The predicted octanol–water partition coefficient (Wildman–Crippen LogP) is -5.84. The molecule has 0 aromatic carbocycles. The summed E-state index contributed by atoms with van der Waals surface area (Å²) in [7, 11) is 0. The van der Waals surface area contributed by atoms with Crippen LogP contribution < -0.4 is 5.32 Å². The number of aliphatic hydroxyl groups is 7. The number of carbonyl (C=O) groups is 4. The van der Waals surface area contributed by atoms with E-state index in [9.17, 15) is 54.9 Å². The molecule has 3 rings (SSSR count). The van der Waals surface area contributed by atoms with Crippen LogP contribution in [0.2, 0.25) is 0 Å². The van der Waals surface area contributed by atoms with E-state index in [2.05, 4.69) is 5.32 Å². The van der Waals surface area contributed by atoms with Crippen molar-refractivity contribution in [1.29, 1.82) is 0 Å². The van der Waals surface area contributed by atoms with Crippen LogP contribution in [-0.4, -0.2) is 179 Å². The van der Waals surface area contributed by atoms with Gasteiger partial charge in [0.25, 0.3) is 11.8 Å². The van der Waals surface area contributed by atoms with Crippen molar-refractivity contribution >= 4 is 23.7 Å². The van der Waals surface area contributed by atoms with E-state index in [0.717, 1.165) is 0 Å². The summed E-state index contributed by atoms with van der Waals surface area (Å²) in [5, 5.41) is 73.4. The van der Waals surface area contributed by atoms with Crippen molar-refractivity contribution in [2.24, 2.45) is 0 Å². The van der Waals surface area contributed by atoms with Crippen LogP contribution in [-0.2, 0) is 52.4 Å². The molecule has 3 aliphatic rings. The smallest absolute Gasteiger partial charge is 0.335 e. The van der Waals surface area contributed by atoms with E-state index in [1.807, 2.05) is 0 Å². The van der Waals surface area contributed by atoms with Crippen LogP contribution in [0.1, 0.15) is 25.7 Å². The molecule has 0 radical (unpaired) electrons. The third-order valence-electron chi connectivity index (χ3n) is 7.16. The SMILES string of the molecule is O=C(CCOCCOCCC(=O)ON1C(=O)CCC1=O)NCCO[C@H]1OC(CO)[C@@H](O)C(O[C@H]2OC(CO)[C@@H](O)C(O)C2O)C1O. The highest BCUT2D eigenvalue weighted by atomic mass is 16.7. The maximum Gasteiger partial charge on any atom is 0.335 e. The van der Waals surface area contributed by atoms with Crippen molar-refractivity contribution in [2.45, 2.75) is 87.1 Å². The second kappa shape index (κ2) is 18.8. The molecule has 0 aromatic heterocycles. The monoisotopic (exact) mass is 670 g/mol. The van der Waals surface area contributed by atoms with Gasteiger partial charge in [-0.2, -0.15) is 0 Å². The lowest BCUT2D eigenvalue weighted by Gasteiger charge is -2.45. The third-order valence-corrected chi connectivity index (χ3v) is 7.16. The van der Waals surface area contributed by atoms with Gasteiger partial charge < -0.3 is 74.3 Å². The van der Waals surface area contributed by atoms with E-state index < -0.39 is 98.3 Å².